The Labute approximate surface area is 123 Å². The van der Waals surface area contributed by atoms with Crippen molar-refractivity contribution in [3.8, 4) is 6.07 Å². The average Bonchev–Trinajstić information content (AvgIpc) is 2.53. The van der Waals surface area contributed by atoms with Crippen molar-refractivity contribution < 1.29 is 14.3 Å². The number of anilines is 1. The Balaban J connectivity index is 2.90. The van der Waals surface area contributed by atoms with Gasteiger partial charge in [-0.3, -0.25) is 4.79 Å². The van der Waals surface area contributed by atoms with E-state index >= 15 is 0 Å². The summed E-state index contributed by atoms with van der Waals surface area (Å²) < 4.78 is 4.67. The number of amides is 1. The van der Waals surface area contributed by atoms with Gasteiger partial charge in [-0.2, -0.15) is 5.26 Å². The second-order valence-electron chi connectivity index (χ2n) is 4.11. The number of esters is 1. The van der Waals surface area contributed by atoms with Gasteiger partial charge in [-0.25, -0.2) is 4.79 Å². The standard InChI is InChI=1S/C15H17N3O3/c1-3-8-17-14(19)11(9-16)10-18-13-7-5-4-6-12(13)15(20)21-2/h4-7,10,18H,3,8H2,1-2H3,(H,17,19)/b11-10-. The van der Waals surface area contributed by atoms with Gasteiger partial charge in [0, 0.05) is 12.7 Å². The molecule has 1 aromatic carbocycles. The van der Waals surface area contributed by atoms with E-state index in [0.717, 1.165) is 6.42 Å². The molecule has 0 bridgehead atoms. The number of nitriles is 1. The Hall–Kier alpha value is -2.81. The van der Waals surface area contributed by atoms with Crippen LogP contribution in [-0.2, 0) is 9.53 Å². The molecule has 1 aromatic rings. The van der Waals surface area contributed by atoms with Gasteiger partial charge in [0.1, 0.15) is 11.6 Å². The molecule has 0 heterocycles. The van der Waals surface area contributed by atoms with Crippen molar-refractivity contribution >= 4 is 17.6 Å². The number of rotatable bonds is 6. The summed E-state index contributed by atoms with van der Waals surface area (Å²) in [5, 5.41) is 14.4. The Morgan fingerprint density at radius 3 is 2.71 bits per heavy atom. The molecule has 0 spiro atoms. The number of benzene rings is 1. The minimum absolute atomic E-state index is 0.0666. The van der Waals surface area contributed by atoms with Gasteiger partial charge in [0.25, 0.3) is 5.91 Å². The fourth-order valence-corrected chi connectivity index (χ4v) is 1.53. The molecule has 0 radical (unpaired) electrons. The molecule has 0 aliphatic heterocycles. The highest BCUT2D eigenvalue weighted by atomic mass is 16.5. The smallest absolute Gasteiger partial charge is 0.339 e. The summed E-state index contributed by atoms with van der Waals surface area (Å²) in [7, 11) is 1.29. The van der Waals surface area contributed by atoms with Crippen molar-refractivity contribution in [3.63, 3.8) is 0 Å². The molecule has 2 N–H and O–H groups in total. The molecule has 0 saturated carbocycles. The van der Waals surface area contributed by atoms with E-state index in [2.05, 4.69) is 15.4 Å². The molecule has 0 fully saturated rings. The SMILES string of the molecule is CCCNC(=O)/C(C#N)=C\Nc1ccccc1C(=O)OC. The van der Waals surface area contributed by atoms with Gasteiger partial charge in [-0.05, 0) is 18.6 Å². The molecular formula is C15H17N3O3. The Kier molecular flexibility index (Phi) is 6.48. The summed E-state index contributed by atoms with van der Waals surface area (Å²) >= 11 is 0. The largest absolute Gasteiger partial charge is 0.465 e. The average molecular weight is 287 g/mol. The lowest BCUT2D eigenvalue weighted by Crippen LogP contribution is -2.25. The van der Waals surface area contributed by atoms with Crippen molar-refractivity contribution in [1.82, 2.24) is 5.32 Å². The number of methoxy groups -OCH3 is 1. The minimum atomic E-state index is -0.500. The maximum atomic E-state index is 11.7. The maximum Gasteiger partial charge on any atom is 0.339 e. The zero-order valence-electron chi connectivity index (χ0n) is 12.0. The minimum Gasteiger partial charge on any atom is -0.465 e. The van der Waals surface area contributed by atoms with E-state index < -0.39 is 11.9 Å². The third-order valence-corrected chi connectivity index (χ3v) is 2.61. The second kappa shape index (κ2) is 8.38. The van der Waals surface area contributed by atoms with Crippen LogP contribution in [-0.4, -0.2) is 25.5 Å². The van der Waals surface area contributed by atoms with Gasteiger partial charge in [-0.1, -0.05) is 19.1 Å². The summed E-state index contributed by atoms with van der Waals surface area (Å²) in [5.41, 5.74) is 0.714. The molecular weight excluding hydrogens is 270 g/mol. The van der Waals surface area contributed by atoms with Crippen LogP contribution in [0.5, 0.6) is 0 Å². The van der Waals surface area contributed by atoms with E-state index in [-0.39, 0.29) is 5.57 Å². The van der Waals surface area contributed by atoms with Crippen LogP contribution in [0.1, 0.15) is 23.7 Å². The Morgan fingerprint density at radius 2 is 2.10 bits per heavy atom. The Morgan fingerprint density at radius 1 is 1.38 bits per heavy atom. The van der Waals surface area contributed by atoms with Crippen molar-refractivity contribution in [2.75, 3.05) is 19.0 Å². The zero-order valence-corrected chi connectivity index (χ0v) is 12.0. The third kappa shape index (κ3) is 4.66. The normalized spacial score (nSPS) is 10.4. The first-order valence-corrected chi connectivity index (χ1v) is 6.46. The van der Waals surface area contributed by atoms with E-state index in [0.29, 0.717) is 17.8 Å². The lowest BCUT2D eigenvalue weighted by molar-refractivity contribution is -0.117. The van der Waals surface area contributed by atoms with Crippen LogP contribution in [0.25, 0.3) is 0 Å². The number of carbonyl (C=O) groups excluding carboxylic acids is 2. The summed E-state index contributed by atoms with van der Waals surface area (Å²) in [6, 6.07) is 8.48. The molecule has 1 rings (SSSR count). The fraction of sp³-hybridized carbons (Fsp3) is 0.267. The second-order valence-corrected chi connectivity index (χ2v) is 4.11. The van der Waals surface area contributed by atoms with Gasteiger partial charge in [-0.15, -0.1) is 0 Å². The van der Waals surface area contributed by atoms with E-state index in [1.165, 1.54) is 13.3 Å². The van der Waals surface area contributed by atoms with Crippen LogP contribution in [0.2, 0.25) is 0 Å². The van der Waals surface area contributed by atoms with Gasteiger partial charge >= 0.3 is 5.97 Å². The Bertz CT molecular complexity index is 588. The first-order valence-electron chi connectivity index (χ1n) is 6.46. The molecule has 0 saturated heterocycles. The highest BCUT2D eigenvalue weighted by molar-refractivity contribution is 5.98. The molecule has 1 amide bonds. The first-order chi connectivity index (χ1) is 10.1. The molecule has 110 valence electrons. The van der Waals surface area contributed by atoms with Gasteiger partial charge < -0.3 is 15.4 Å². The maximum absolute atomic E-state index is 11.7. The number of nitrogens with zero attached hydrogens (tertiary/aromatic N) is 1. The summed E-state index contributed by atoms with van der Waals surface area (Å²) in [6.45, 7) is 2.41. The molecule has 6 nitrogen and oxygen atoms in total. The van der Waals surface area contributed by atoms with Crippen LogP contribution in [0.3, 0.4) is 0 Å². The predicted molar refractivity (Wildman–Crippen MR) is 78.4 cm³/mol. The molecule has 0 unspecified atom stereocenters. The molecule has 6 heteroatoms. The summed E-state index contributed by atoms with van der Waals surface area (Å²) in [4.78, 5) is 23.3. The van der Waals surface area contributed by atoms with Gasteiger partial charge in [0.15, 0.2) is 0 Å². The van der Waals surface area contributed by atoms with E-state index in [4.69, 9.17) is 5.26 Å². The number of hydrogen-bond donors (Lipinski definition) is 2. The number of hydrogen-bond acceptors (Lipinski definition) is 5. The highest BCUT2D eigenvalue weighted by Gasteiger charge is 2.11. The van der Waals surface area contributed by atoms with Crippen LogP contribution in [0.15, 0.2) is 36.0 Å². The fourth-order valence-electron chi connectivity index (χ4n) is 1.53. The third-order valence-electron chi connectivity index (χ3n) is 2.61. The van der Waals surface area contributed by atoms with Crippen molar-refractivity contribution in [3.05, 3.63) is 41.6 Å². The number of carbonyl (C=O) groups is 2. The van der Waals surface area contributed by atoms with Crippen LogP contribution in [0.4, 0.5) is 5.69 Å². The van der Waals surface area contributed by atoms with Gasteiger partial charge in [0.05, 0.1) is 18.4 Å². The zero-order chi connectivity index (χ0) is 15.7. The number of ether oxygens (including phenoxy) is 1. The van der Waals surface area contributed by atoms with Crippen molar-refractivity contribution in [1.29, 1.82) is 5.26 Å². The predicted octanol–water partition coefficient (Wildman–Crippen LogP) is 1.82. The van der Waals surface area contributed by atoms with Gasteiger partial charge in [0.2, 0.25) is 0 Å². The van der Waals surface area contributed by atoms with E-state index in [1.54, 1.807) is 24.3 Å². The van der Waals surface area contributed by atoms with Crippen LogP contribution < -0.4 is 10.6 Å². The highest BCUT2D eigenvalue weighted by Crippen LogP contribution is 2.16. The topological polar surface area (TPSA) is 91.2 Å². The quantitative estimate of drug-likeness (QED) is 0.473. The van der Waals surface area contributed by atoms with Crippen molar-refractivity contribution in [2.24, 2.45) is 0 Å². The van der Waals surface area contributed by atoms with E-state index in [1.807, 2.05) is 13.0 Å². The number of nitrogens with one attached hydrogen (secondary N) is 2. The summed E-state index contributed by atoms with van der Waals surface area (Å²) in [6.07, 6.45) is 2.05. The lowest BCUT2D eigenvalue weighted by atomic mass is 10.2. The molecule has 0 aliphatic carbocycles. The molecule has 0 aromatic heterocycles. The lowest BCUT2D eigenvalue weighted by Gasteiger charge is -2.08. The van der Waals surface area contributed by atoms with Crippen LogP contribution in [0, 0.1) is 11.3 Å². The molecule has 0 atom stereocenters. The van der Waals surface area contributed by atoms with Crippen LogP contribution >= 0.6 is 0 Å². The first kappa shape index (κ1) is 16.2. The summed E-state index contributed by atoms with van der Waals surface area (Å²) in [5.74, 6) is -0.956. The van der Waals surface area contributed by atoms with Crippen molar-refractivity contribution in [2.45, 2.75) is 13.3 Å². The molecule has 0 aliphatic rings. The number of para-hydroxylation sites is 1. The monoisotopic (exact) mass is 287 g/mol. The molecule has 21 heavy (non-hydrogen) atoms. The van der Waals surface area contributed by atoms with E-state index in [9.17, 15) is 9.59 Å².